The van der Waals surface area contributed by atoms with Gasteiger partial charge in [-0.2, -0.15) is 0 Å². The van der Waals surface area contributed by atoms with Gasteiger partial charge in [-0.25, -0.2) is 0 Å². The van der Waals surface area contributed by atoms with Crippen molar-refractivity contribution in [3.8, 4) is 0 Å². The Hall–Kier alpha value is -0.970. The fraction of sp³-hybridized carbons (Fsp3) is 0.773. The molecule has 4 heteroatoms. The summed E-state index contributed by atoms with van der Waals surface area (Å²) in [4.78, 5) is 9.75. The third kappa shape index (κ3) is 3.97. The highest BCUT2D eigenvalue weighted by Gasteiger charge is 2.51. The number of aromatic nitrogens is 1. The first kappa shape index (κ1) is 17.2. The summed E-state index contributed by atoms with van der Waals surface area (Å²) in [5.41, 5.74) is 1.68. The molecule has 0 bridgehead atoms. The van der Waals surface area contributed by atoms with Crippen LogP contribution >= 0.6 is 0 Å². The van der Waals surface area contributed by atoms with E-state index >= 15 is 0 Å². The second kappa shape index (κ2) is 7.21. The fourth-order valence-corrected chi connectivity index (χ4v) is 5.25. The quantitative estimate of drug-likeness (QED) is 0.717. The van der Waals surface area contributed by atoms with Gasteiger partial charge in [-0.3, -0.25) is 4.98 Å². The Bertz CT molecular complexity index is 597. The van der Waals surface area contributed by atoms with E-state index in [2.05, 4.69) is 20.9 Å². The molecule has 4 fully saturated rings. The van der Waals surface area contributed by atoms with Gasteiger partial charge in [-0.15, -0.1) is 0 Å². The molecule has 0 aromatic carbocycles. The molecule has 0 amide bonds. The van der Waals surface area contributed by atoms with Gasteiger partial charge in [-0.1, -0.05) is 6.07 Å². The van der Waals surface area contributed by atoms with Crippen molar-refractivity contribution >= 4 is 0 Å². The maximum atomic E-state index is 6.20. The van der Waals surface area contributed by atoms with E-state index in [4.69, 9.17) is 4.74 Å². The Morgan fingerprint density at radius 3 is 2.58 bits per heavy atom. The average Bonchev–Trinajstić information content (AvgIpc) is 3.56. The molecule has 2 saturated carbocycles. The molecule has 2 aliphatic heterocycles. The summed E-state index contributed by atoms with van der Waals surface area (Å²) in [6.07, 6.45) is 11.0. The molecule has 0 radical (unpaired) electrons. The Labute approximate surface area is 157 Å². The van der Waals surface area contributed by atoms with Crippen molar-refractivity contribution in [2.24, 2.45) is 23.2 Å². The molecule has 2 aliphatic carbocycles. The van der Waals surface area contributed by atoms with Crippen LogP contribution in [0.1, 0.15) is 37.7 Å². The molecule has 4 aliphatic rings. The van der Waals surface area contributed by atoms with Crippen molar-refractivity contribution in [3.63, 3.8) is 0 Å². The van der Waals surface area contributed by atoms with Gasteiger partial charge in [-0.05, 0) is 62.1 Å². The minimum absolute atomic E-state index is 0.485. The molecule has 2 atom stereocenters. The minimum atomic E-state index is 0.485. The topological polar surface area (TPSA) is 28.6 Å². The summed E-state index contributed by atoms with van der Waals surface area (Å²) in [6, 6.07) is 4.11. The summed E-state index contributed by atoms with van der Waals surface area (Å²) < 4.78 is 6.20. The van der Waals surface area contributed by atoms with E-state index in [0.717, 1.165) is 18.4 Å². The Morgan fingerprint density at radius 1 is 1.08 bits per heavy atom. The molecule has 2 saturated heterocycles. The lowest BCUT2D eigenvalue weighted by Gasteiger charge is -2.30. The molecule has 0 N–H and O–H groups in total. The van der Waals surface area contributed by atoms with Gasteiger partial charge in [0.05, 0.1) is 13.2 Å². The molecular weight excluding hydrogens is 322 g/mol. The first-order valence-electron chi connectivity index (χ1n) is 10.7. The van der Waals surface area contributed by atoms with Crippen LogP contribution in [0.2, 0.25) is 0 Å². The average molecular weight is 356 g/mol. The van der Waals surface area contributed by atoms with Crippen LogP contribution in [0, 0.1) is 23.2 Å². The molecule has 4 nitrogen and oxygen atoms in total. The largest absolute Gasteiger partial charge is 0.376 e. The zero-order valence-corrected chi connectivity index (χ0v) is 16.0. The molecule has 26 heavy (non-hydrogen) atoms. The van der Waals surface area contributed by atoms with Gasteiger partial charge in [0.15, 0.2) is 0 Å². The van der Waals surface area contributed by atoms with Crippen LogP contribution in [0.4, 0.5) is 0 Å². The van der Waals surface area contributed by atoms with E-state index in [9.17, 15) is 0 Å². The van der Waals surface area contributed by atoms with Gasteiger partial charge in [0.1, 0.15) is 0 Å². The SMILES string of the molecule is c1cncc(COC[C@@H]2CN(CC3CC3)C[C@]23CCN(CC2CC2)C3)c1. The fourth-order valence-electron chi connectivity index (χ4n) is 5.25. The summed E-state index contributed by atoms with van der Waals surface area (Å²) >= 11 is 0. The Balaban J connectivity index is 1.20. The zero-order valence-electron chi connectivity index (χ0n) is 16.0. The van der Waals surface area contributed by atoms with E-state index in [1.165, 1.54) is 76.9 Å². The van der Waals surface area contributed by atoms with Gasteiger partial charge in [0.25, 0.3) is 0 Å². The number of hydrogen-bond acceptors (Lipinski definition) is 4. The van der Waals surface area contributed by atoms with E-state index in [-0.39, 0.29) is 0 Å². The van der Waals surface area contributed by atoms with Crippen molar-refractivity contribution in [1.29, 1.82) is 0 Å². The number of likely N-dealkylation sites (tertiary alicyclic amines) is 2. The van der Waals surface area contributed by atoms with Crippen molar-refractivity contribution in [3.05, 3.63) is 30.1 Å². The second-order valence-electron chi connectivity index (χ2n) is 9.50. The van der Waals surface area contributed by atoms with Crippen molar-refractivity contribution in [1.82, 2.24) is 14.8 Å². The smallest absolute Gasteiger partial charge is 0.0731 e. The summed E-state index contributed by atoms with van der Waals surface area (Å²) in [5.74, 6) is 2.70. The highest BCUT2D eigenvalue weighted by Crippen LogP contribution is 2.46. The highest BCUT2D eigenvalue weighted by molar-refractivity contribution is 5.07. The number of rotatable bonds is 8. The van der Waals surface area contributed by atoms with Gasteiger partial charge < -0.3 is 14.5 Å². The van der Waals surface area contributed by atoms with Gasteiger partial charge in [0, 0.05) is 56.5 Å². The van der Waals surface area contributed by atoms with Crippen molar-refractivity contribution in [2.75, 3.05) is 45.9 Å². The number of hydrogen-bond donors (Lipinski definition) is 0. The van der Waals surface area contributed by atoms with E-state index in [0.29, 0.717) is 17.9 Å². The first-order chi connectivity index (χ1) is 12.8. The lowest BCUT2D eigenvalue weighted by Crippen LogP contribution is -2.37. The summed E-state index contributed by atoms with van der Waals surface area (Å²) in [7, 11) is 0. The molecule has 0 unspecified atom stereocenters. The number of nitrogens with zero attached hydrogens (tertiary/aromatic N) is 3. The van der Waals surface area contributed by atoms with E-state index < -0.39 is 0 Å². The van der Waals surface area contributed by atoms with Crippen LogP contribution in [-0.2, 0) is 11.3 Å². The number of ether oxygens (including phenoxy) is 1. The molecule has 1 spiro atoms. The Morgan fingerprint density at radius 2 is 1.85 bits per heavy atom. The third-order valence-corrected chi connectivity index (χ3v) is 7.08. The molecule has 142 valence electrons. The maximum Gasteiger partial charge on any atom is 0.0731 e. The normalized spacial score (nSPS) is 32.7. The first-order valence-corrected chi connectivity index (χ1v) is 10.7. The van der Waals surface area contributed by atoms with Crippen LogP contribution in [0.25, 0.3) is 0 Å². The van der Waals surface area contributed by atoms with E-state index in [1.807, 2.05) is 18.5 Å². The van der Waals surface area contributed by atoms with Crippen LogP contribution < -0.4 is 0 Å². The standard InChI is InChI=1S/C22H33N3O/c1-2-20(10-23-8-1)14-26-15-21-13-25(12-19-5-6-19)17-22(21)7-9-24(16-22)11-18-3-4-18/h1-2,8,10,18-19,21H,3-7,9,11-17H2/t21-,22+/m0/s1. The molecular formula is C22H33N3O. The van der Waals surface area contributed by atoms with Gasteiger partial charge >= 0.3 is 0 Å². The molecule has 1 aromatic rings. The monoisotopic (exact) mass is 355 g/mol. The second-order valence-corrected chi connectivity index (χ2v) is 9.50. The van der Waals surface area contributed by atoms with Crippen LogP contribution in [0.15, 0.2) is 24.5 Å². The lowest BCUT2D eigenvalue weighted by atomic mass is 9.77. The lowest BCUT2D eigenvalue weighted by molar-refractivity contribution is 0.0516. The summed E-state index contributed by atoms with van der Waals surface area (Å²) in [5, 5.41) is 0. The molecule has 5 rings (SSSR count). The van der Waals surface area contributed by atoms with Gasteiger partial charge in [0.2, 0.25) is 0 Å². The third-order valence-electron chi connectivity index (χ3n) is 7.08. The van der Waals surface area contributed by atoms with Crippen molar-refractivity contribution < 1.29 is 4.74 Å². The molecule has 3 heterocycles. The van der Waals surface area contributed by atoms with Crippen molar-refractivity contribution in [2.45, 2.75) is 38.7 Å². The summed E-state index contributed by atoms with van der Waals surface area (Å²) in [6.45, 7) is 9.49. The molecule has 1 aromatic heterocycles. The van der Waals surface area contributed by atoms with E-state index in [1.54, 1.807) is 0 Å². The zero-order chi connectivity index (χ0) is 17.4. The Kier molecular flexibility index (Phi) is 4.76. The minimum Gasteiger partial charge on any atom is -0.376 e. The predicted molar refractivity (Wildman–Crippen MR) is 103 cm³/mol. The van der Waals surface area contributed by atoms with Crippen LogP contribution in [0.3, 0.4) is 0 Å². The van der Waals surface area contributed by atoms with Crippen LogP contribution in [-0.4, -0.2) is 60.7 Å². The van der Waals surface area contributed by atoms with Crippen LogP contribution in [0.5, 0.6) is 0 Å². The highest BCUT2D eigenvalue weighted by atomic mass is 16.5. The predicted octanol–water partition coefficient (Wildman–Crippen LogP) is 3.04. The number of pyridine rings is 1. The maximum absolute atomic E-state index is 6.20.